The maximum atomic E-state index is 12.4. The quantitative estimate of drug-likeness (QED) is 0.452. The fourth-order valence-corrected chi connectivity index (χ4v) is 3.02. The lowest BCUT2D eigenvalue weighted by molar-refractivity contribution is -0.166. The fourth-order valence-electron chi connectivity index (χ4n) is 3.02. The summed E-state index contributed by atoms with van der Waals surface area (Å²) in [5, 5.41) is 3.23. The molecule has 2 fully saturated rings. The zero-order valence-electron chi connectivity index (χ0n) is 10.9. The van der Waals surface area contributed by atoms with E-state index in [1.165, 1.54) is 12.0 Å². The Morgan fingerprint density at radius 1 is 1.22 bits per heavy atom. The second-order valence-electron chi connectivity index (χ2n) is 5.71. The Kier molecular flexibility index (Phi) is 2.93. The zero-order chi connectivity index (χ0) is 13.6. The van der Waals surface area contributed by atoms with Gasteiger partial charge in [-0.25, -0.2) is 4.79 Å². The van der Waals surface area contributed by atoms with Gasteiger partial charge in [-0.05, 0) is 13.8 Å². The van der Waals surface area contributed by atoms with E-state index in [2.05, 4.69) is 10.1 Å². The molecular formula is C12H18N2O4. The van der Waals surface area contributed by atoms with Crippen LogP contribution in [0.1, 0.15) is 13.8 Å². The molecule has 100 valence electrons. The average Bonchev–Trinajstić information content (AvgIpc) is 2.31. The van der Waals surface area contributed by atoms with Crippen molar-refractivity contribution in [2.45, 2.75) is 13.8 Å². The third kappa shape index (κ3) is 1.80. The molecule has 0 aliphatic carbocycles. The second-order valence-corrected chi connectivity index (χ2v) is 5.71. The molecule has 2 heterocycles. The SMILES string of the molecule is COC(=O)C(=O)N1C[C@@]2(C)CNC[C@](C)(C1)C2=O. The van der Waals surface area contributed by atoms with Crippen molar-refractivity contribution < 1.29 is 19.1 Å². The Labute approximate surface area is 106 Å². The maximum absolute atomic E-state index is 12.4. The van der Waals surface area contributed by atoms with E-state index in [1.807, 2.05) is 13.8 Å². The first kappa shape index (κ1) is 13.0. The summed E-state index contributed by atoms with van der Waals surface area (Å²) < 4.78 is 4.45. The van der Waals surface area contributed by atoms with Gasteiger partial charge in [0.05, 0.1) is 17.9 Å². The van der Waals surface area contributed by atoms with Gasteiger partial charge in [0.15, 0.2) is 5.78 Å². The van der Waals surface area contributed by atoms with Crippen molar-refractivity contribution in [1.29, 1.82) is 0 Å². The Balaban J connectivity index is 2.26. The topological polar surface area (TPSA) is 75.7 Å². The number of ketones is 1. The van der Waals surface area contributed by atoms with Crippen LogP contribution in [0.15, 0.2) is 0 Å². The molecule has 2 atom stereocenters. The molecule has 0 spiro atoms. The smallest absolute Gasteiger partial charge is 0.396 e. The molecule has 2 saturated heterocycles. The first-order chi connectivity index (χ1) is 8.32. The van der Waals surface area contributed by atoms with Crippen molar-refractivity contribution in [3.63, 3.8) is 0 Å². The van der Waals surface area contributed by atoms with Gasteiger partial charge in [-0.3, -0.25) is 9.59 Å². The number of hydrogen-bond acceptors (Lipinski definition) is 5. The predicted octanol–water partition coefficient (Wildman–Crippen LogP) is -0.813. The van der Waals surface area contributed by atoms with Crippen molar-refractivity contribution in [2.24, 2.45) is 10.8 Å². The predicted molar refractivity (Wildman–Crippen MR) is 62.7 cm³/mol. The molecule has 0 aromatic rings. The van der Waals surface area contributed by atoms with Gasteiger partial charge in [-0.2, -0.15) is 0 Å². The monoisotopic (exact) mass is 254 g/mol. The Hall–Kier alpha value is -1.43. The zero-order valence-corrected chi connectivity index (χ0v) is 10.9. The van der Waals surface area contributed by atoms with E-state index in [0.717, 1.165) is 0 Å². The first-order valence-corrected chi connectivity index (χ1v) is 5.95. The highest BCUT2D eigenvalue weighted by Crippen LogP contribution is 2.39. The summed E-state index contributed by atoms with van der Waals surface area (Å²) in [4.78, 5) is 37.0. The number of likely N-dealkylation sites (tertiary alicyclic amines) is 1. The van der Waals surface area contributed by atoms with Gasteiger partial charge in [0.25, 0.3) is 0 Å². The van der Waals surface area contributed by atoms with Gasteiger partial charge in [-0.1, -0.05) is 0 Å². The summed E-state index contributed by atoms with van der Waals surface area (Å²) in [5.74, 6) is -1.37. The highest BCUT2D eigenvalue weighted by Gasteiger charge is 2.54. The second kappa shape index (κ2) is 4.05. The summed E-state index contributed by atoms with van der Waals surface area (Å²) in [7, 11) is 1.18. The van der Waals surface area contributed by atoms with Gasteiger partial charge in [0, 0.05) is 26.2 Å². The minimum atomic E-state index is -0.873. The van der Waals surface area contributed by atoms with E-state index in [0.29, 0.717) is 13.1 Å². The van der Waals surface area contributed by atoms with Gasteiger partial charge in [0.2, 0.25) is 0 Å². The van der Waals surface area contributed by atoms with Crippen LogP contribution in [0, 0.1) is 10.8 Å². The molecule has 0 unspecified atom stereocenters. The van der Waals surface area contributed by atoms with Crippen LogP contribution in [0.5, 0.6) is 0 Å². The highest BCUT2D eigenvalue weighted by atomic mass is 16.5. The third-order valence-corrected chi connectivity index (χ3v) is 3.85. The van der Waals surface area contributed by atoms with E-state index in [4.69, 9.17) is 0 Å². The number of Topliss-reactive ketones (excluding diaryl/α,β-unsaturated/α-hetero) is 1. The number of rotatable bonds is 0. The molecule has 6 nitrogen and oxygen atoms in total. The molecule has 0 aromatic heterocycles. The largest absolute Gasteiger partial charge is 0.462 e. The molecule has 0 aromatic carbocycles. The van der Waals surface area contributed by atoms with E-state index < -0.39 is 22.7 Å². The number of carbonyl (C=O) groups excluding carboxylic acids is 3. The van der Waals surface area contributed by atoms with Crippen LogP contribution < -0.4 is 5.32 Å². The van der Waals surface area contributed by atoms with Crippen LogP contribution in [0.3, 0.4) is 0 Å². The lowest BCUT2D eigenvalue weighted by Gasteiger charge is -2.51. The summed E-state index contributed by atoms with van der Waals surface area (Å²) >= 11 is 0. The standard InChI is InChI=1S/C12H18N2O4/c1-11-4-13-5-12(2,10(11)17)7-14(6-11)8(15)9(16)18-3/h13H,4-7H2,1-3H3/t11-,12-/m1/s1. The van der Waals surface area contributed by atoms with Crippen LogP contribution in [-0.4, -0.2) is 55.8 Å². The van der Waals surface area contributed by atoms with Crippen LogP contribution in [0.4, 0.5) is 0 Å². The summed E-state index contributed by atoms with van der Waals surface area (Å²) in [6, 6.07) is 0. The molecule has 2 rings (SSSR count). The first-order valence-electron chi connectivity index (χ1n) is 5.95. The van der Waals surface area contributed by atoms with Crippen LogP contribution in [0.25, 0.3) is 0 Å². The van der Waals surface area contributed by atoms with Crippen molar-refractivity contribution in [3.05, 3.63) is 0 Å². The van der Waals surface area contributed by atoms with E-state index in [-0.39, 0.29) is 18.9 Å². The molecule has 1 N–H and O–H groups in total. The Morgan fingerprint density at radius 3 is 2.17 bits per heavy atom. The molecule has 0 radical (unpaired) electrons. The number of methoxy groups -OCH3 is 1. The van der Waals surface area contributed by atoms with Gasteiger partial charge < -0.3 is 15.0 Å². The van der Waals surface area contributed by atoms with Crippen molar-refractivity contribution >= 4 is 17.7 Å². The number of fused-ring (bicyclic) bond motifs is 2. The van der Waals surface area contributed by atoms with Crippen LogP contribution >= 0.6 is 0 Å². The fraction of sp³-hybridized carbons (Fsp3) is 0.750. The number of esters is 1. The van der Waals surface area contributed by atoms with Gasteiger partial charge in [0.1, 0.15) is 0 Å². The maximum Gasteiger partial charge on any atom is 0.396 e. The Morgan fingerprint density at radius 2 is 1.72 bits per heavy atom. The molecule has 2 aliphatic rings. The lowest BCUT2D eigenvalue weighted by atomic mass is 9.65. The molecule has 2 bridgehead atoms. The van der Waals surface area contributed by atoms with Crippen LogP contribution in [0.2, 0.25) is 0 Å². The van der Waals surface area contributed by atoms with Gasteiger partial charge in [-0.15, -0.1) is 0 Å². The number of piperidine rings is 2. The number of amides is 1. The molecule has 0 saturated carbocycles. The summed E-state index contributed by atoms with van der Waals surface area (Å²) in [6.07, 6.45) is 0. The Bertz CT molecular complexity index is 400. The number of carbonyl (C=O) groups is 3. The minimum absolute atomic E-state index is 0.169. The lowest BCUT2D eigenvalue weighted by Crippen LogP contribution is -2.68. The number of nitrogens with one attached hydrogen (secondary N) is 1. The summed E-state index contributed by atoms with van der Waals surface area (Å²) in [6.45, 7) is 5.26. The normalized spacial score (nSPS) is 35.3. The van der Waals surface area contributed by atoms with Crippen molar-refractivity contribution in [1.82, 2.24) is 10.2 Å². The molecule has 1 amide bonds. The van der Waals surface area contributed by atoms with Crippen molar-refractivity contribution in [2.75, 3.05) is 33.3 Å². The van der Waals surface area contributed by atoms with E-state index in [9.17, 15) is 14.4 Å². The molecule has 2 aliphatic heterocycles. The summed E-state index contributed by atoms with van der Waals surface area (Å²) in [5.41, 5.74) is -1.23. The van der Waals surface area contributed by atoms with Gasteiger partial charge >= 0.3 is 11.9 Å². The molecule has 6 heteroatoms. The number of ether oxygens (including phenoxy) is 1. The van der Waals surface area contributed by atoms with E-state index in [1.54, 1.807) is 0 Å². The number of hydrogen-bond donors (Lipinski definition) is 1. The van der Waals surface area contributed by atoms with Crippen molar-refractivity contribution in [3.8, 4) is 0 Å². The average molecular weight is 254 g/mol. The highest BCUT2D eigenvalue weighted by molar-refractivity contribution is 6.32. The minimum Gasteiger partial charge on any atom is -0.462 e. The third-order valence-electron chi connectivity index (χ3n) is 3.85. The van der Waals surface area contributed by atoms with E-state index >= 15 is 0 Å². The van der Waals surface area contributed by atoms with Crippen LogP contribution in [-0.2, 0) is 19.1 Å². The number of nitrogens with zero attached hydrogens (tertiary/aromatic N) is 1. The molecular weight excluding hydrogens is 236 g/mol. The molecule has 18 heavy (non-hydrogen) atoms.